The summed E-state index contributed by atoms with van der Waals surface area (Å²) < 4.78 is 30.7. The molecular formula is C25H28O8Pd-2. The molecule has 188 valence electrons. The van der Waals surface area contributed by atoms with Crippen molar-refractivity contribution < 1.29 is 60.5 Å². The van der Waals surface area contributed by atoms with Crippen LogP contribution in [-0.2, 0) is 20.4 Å². The van der Waals surface area contributed by atoms with Gasteiger partial charge in [0.05, 0.1) is 0 Å². The number of hydrogen-bond acceptors (Lipinski definition) is 8. The van der Waals surface area contributed by atoms with Crippen LogP contribution in [0.15, 0.2) is 54.6 Å². The molecule has 3 heterocycles. The Morgan fingerprint density at radius 3 is 1.38 bits per heavy atom. The zero-order valence-electron chi connectivity index (χ0n) is 19.0. The van der Waals surface area contributed by atoms with Crippen molar-refractivity contribution in [2.45, 2.75) is 13.8 Å². The van der Waals surface area contributed by atoms with Gasteiger partial charge in [0.2, 0.25) is 20.4 Å². The summed E-state index contributed by atoms with van der Waals surface area (Å²) >= 11 is 0. The number of rotatable bonds is 1. The summed E-state index contributed by atoms with van der Waals surface area (Å²) in [6, 6.07) is 16.9. The van der Waals surface area contributed by atoms with Crippen LogP contribution in [0.3, 0.4) is 0 Å². The summed E-state index contributed by atoms with van der Waals surface area (Å²) in [5.41, 5.74) is 3.00. The van der Waals surface area contributed by atoms with Crippen LogP contribution in [0.25, 0.3) is 0 Å². The standard InChI is InChI=1S/C8H6O3.2C8H8O2.CH3.H2O.Pd.H2/c9-4-6-1-2-7-8(3-6)11-5-10-7;2*1-6-2-3-7-8(4-6)10-5-9-7;;;;/h1-4H,5H2;2*2-4H,5H2,1H3;1H3;1H2;;1H/q;;;-1;;;/p-1. The molecule has 6 rings (SSSR count). The molecule has 0 amide bonds. The number of carbonyl (C=O) groups is 1. The predicted molar refractivity (Wildman–Crippen MR) is 123 cm³/mol. The van der Waals surface area contributed by atoms with Gasteiger partial charge >= 0.3 is 0 Å². The maximum atomic E-state index is 10.3. The van der Waals surface area contributed by atoms with Gasteiger partial charge in [-0.3, -0.25) is 4.79 Å². The van der Waals surface area contributed by atoms with Crippen LogP contribution in [0.4, 0.5) is 0 Å². The number of aldehydes is 1. The van der Waals surface area contributed by atoms with Crippen molar-refractivity contribution >= 4 is 6.29 Å². The fraction of sp³-hybridized carbons (Fsp3) is 0.200. The van der Waals surface area contributed by atoms with Crippen molar-refractivity contribution in [3.63, 3.8) is 0 Å². The first-order chi connectivity index (χ1) is 15.1. The second-order valence-corrected chi connectivity index (χ2v) is 6.94. The van der Waals surface area contributed by atoms with Gasteiger partial charge < -0.3 is 41.3 Å². The summed E-state index contributed by atoms with van der Waals surface area (Å²) in [4.78, 5) is 10.3. The number of hydrogen-bond donors (Lipinski definition) is 0. The van der Waals surface area contributed by atoms with Gasteiger partial charge in [0, 0.05) is 27.4 Å². The summed E-state index contributed by atoms with van der Waals surface area (Å²) in [5, 5.41) is 0. The molecule has 0 bridgehead atoms. The van der Waals surface area contributed by atoms with E-state index in [1.807, 2.05) is 50.2 Å². The first-order valence-corrected chi connectivity index (χ1v) is 9.70. The van der Waals surface area contributed by atoms with Crippen LogP contribution in [0.2, 0.25) is 0 Å². The molecule has 3 aliphatic heterocycles. The Labute approximate surface area is 214 Å². The zero-order valence-corrected chi connectivity index (χ0v) is 20.6. The Morgan fingerprint density at radius 1 is 0.618 bits per heavy atom. The number of benzene rings is 3. The number of fused-ring (bicyclic) bond motifs is 3. The maximum absolute atomic E-state index is 10.3. The van der Waals surface area contributed by atoms with E-state index in [1.54, 1.807) is 18.2 Å². The van der Waals surface area contributed by atoms with Gasteiger partial charge in [0.15, 0.2) is 34.5 Å². The van der Waals surface area contributed by atoms with E-state index in [0.717, 1.165) is 29.3 Å². The number of ether oxygens (including phenoxy) is 6. The average Bonchev–Trinajstić information content (AvgIpc) is 3.53. The van der Waals surface area contributed by atoms with Crippen molar-refractivity contribution in [2.24, 2.45) is 0 Å². The molecule has 3 aromatic carbocycles. The molecule has 3 aliphatic rings. The fourth-order valence-corrected chi connectivity index (χ4v) is 2.99. The van der Waals surface area contributed by atoms with E-state index in [-0.39, 0.29) is 41.5 Å². The minimum absolute atomic E-state index is 0. The summed E-state index contributed by atoms with van der Waals surface area (Å²) in [6.45, 7) is 5.03. The molecule has 0 aliphatic carbocycles. The van der Waals surface area contributed by atoms with E-state index in [9.17, 15) is 4.79 Å². The van der Waals surface area contributed by atoms with Crippen LogP contribution < -0.4 is 28.4 Å². The van der Waals surface area contributed by atoms with E-state index in [2.05, 4.69) is 0 Å². The minimum Gasteiger partial charge on any atom is -0.870 e. The maximum Gasteiger partial charge on any atom is 0.231 e. The quantitative estimate of drug-likeness (QED) is 0.227. The molecule has 0 unspecified atom stereocenters. The summed E-state index contributed by atoms with van der Waals surface area (Å²) in [5.74, 6) is 4.78. The van der Waals surface area contributed by atoms with Crippen molar-refractivity contribution in [1.29, 1.82) is 0 Å². The third kappa shape index (κ3) is 7.12. The predicted octanol–water partition coefficient (Wildman–Crippen LogP) is 5.19. The second-order valence-electron chi connectivity index (χ2n) is 6.94. The zero-order chi connectivity index (χ0) is 21.6. The molecule has 8 nitrogen and oxygen atoms in total. The van der Waals surface area contributed by atoms with Gasteiger partial charge in [-0.1, -0.05) is 12.1 Å². The normalized spacial score (nSPS) is 12.3. The Kier molecular flexibility index (Phi) is 11.4. The summed E-state index contributed by atoms with van der Waals surface area (Å²) in [6.07, 6.45) is 0.780. The summed E-state index contributed by atoms with van der Waals surface area (Å²) in [7, 11) is 0. The first-order valence-electron chi connectivity index (χ1n) is 9.70. The molecule has 0 saturated carbocycles. The minimum atomic E-state index is 0. The smallest absolute Gasteiger partial charge is 0.231 e. The topological polar surface area (TPSA) is 102 Å². The van der Waals surface area contributed by atoms with Gasteiger partial charge in [-0.2, -0.15) is 0 Å². The van der Waals surface area contributed by atoms with E-state index in [0.29, 0.717) is 30.6 Å². The molecule has 34 heavy (non-hydrogen) atoms. The Balaban J connectivity index is 0.000000469. The number of aryl methyl sites for hydroxylation is 2. The van der Waals surface area contributed by atoms with Gasteiger partial charge in [-0.05, 0) is 67.4 Å². The first kappa shape index (κ1) is 28.8. The van der Waals surface area contributed by atoms with Crippen molar-refractivity contribution in [1.82, 2.24) is 0 Å². The van der Waals surface area contributed by atoms with Crippen LogP contribution in [0, 0.1) is 21.3 Å². The van der Waals surface area contributed by atoms with Crippen molar-refractivity contribution in [3.8, 4) is 34.5 Å². The van der Waals surface area contributed by atoms with Crippen LogP contribution in [0.5, 0.6) is 34.5 Å². The molecule has 0 saturated heterocycles. The van der Waals surface area contributed by atoms with Crippen molar-refractivity contribution in [3.05, 3.63) is 78.7 Å². The molecular weight excluding hydrogens is 535 g/mol. The van der Waals surface area contributed by atoms with Gasteiger partial charge in [0.25, 0.3) is 0 Å². The van der Waals surface area contributed by atoms with E-state index < -0.39 is 0 Å². The van der Waals surface area contributed by atoms with Gasteiger partial charge in [-0.25, -0.2) is 0 Å². The fourth-order valence-electron chi connectivity index (χ4n) is 2.99. The van der Waals surface area contributed by atoms with Gasteiger partial charge in [0.1, 0.15) is 6.29 Å². The Morgan fingerprint density at radius 2 is 0.971 bits per heavy atom. The van der Waals surface area contributed by atoms with E-state index in [1.165, 1.54) is 11.1 Å². The molecule has 0 aromatic heterocycles. The molecule has 0 fully saturated rings. The molecule has 0 spiro atoms. The SMILES string of the molecule is Cc1ccc2c(c1)OCO2.Cc1ccc2c(c1)OCO2.O=Cc1ccc2c(c1)OCO2.[CH3-].[HH].[OH-].[Pd]. The molecule has 0 radical (unpaired) electrons. The third-order valence-electron chi connectivity index (χ3n) is 4.59. The molecule has 1 N–H and O–H groups in total. The Hall–Kier alpha value is -3.25. The Bertz CT molecular complexity index is 1040. The van der Waals surface area contributed by atoms with E-state index >= 15 is 0 Å². The van der Waals surface area contributed by atoms with Gasteiger partial charge in [-0.15, -0.1) is 0 Å². The molecule has 3 aromatic rings. The number of carbonyl (C=O) groups excluding carboxylic acids is 1. The second kappa shape index (κ2) is 13.5. The van der Waals surface area contributed by atoms with Crippen LogP contribution >= 0.6 is 0 Å². The third-order valence-corrected chi connectivity index (χ3v) is 4.59. The van der Waals surface area contributed by atoms with E-state index in [4.69, 9.17) is 28.4 Å². The monoisotopic (exact) mass is 562 g/mol. The van der Waals surface area contributed by atoms with Crippen molar-refractivity contribution in [2.75, 3.05) is 20.4 Å². The largest absolute Gasteiger partial charge is 0.870 e. The molecule has 9 heteroatoms. The molecule has 0 atom stereocenters. The van der Waals surface area contributed by atoms with Crippen LogP contribution in [0.1, 0.15) is 22.9 Å². The average molecular weight is 563 g/mol. The van der Waals surface area contributed by atoms with Crippen LogP contribution in [-0.4, -0.2) is 32.1 Å².